The van der Waals surface area contributed by atoms with Crippen LogP contribution in [0, 0.1) is 13.8 Å². The van der Waals surface area contributed by atoms with E-state index in [9.17, 15) is 0 Å². The number of pyridine rings is 1. The van der Waals surface area contributed by atoms with E-state index in [0.717, 1.165) is 22.9 Å². The van der Waals surface area contributed by atoms with Crippen LogP contribution >= 0.6 is 12.2 Å². The topological polar surface area (TPSA) is 55.5 Å². The van der Waals surface area contributed by atoms with Crippen molar-refractivity contribution in [1.29, 1.82) is 0 Å². The lowest BCUT2D eigenvalue weighted by Crippen LogP contribution is -2.29. The Hall–Kier alpha value is -3.58. The average molecular weight is 459 g/mol. The van der Waals surface area contributed by atoms with Crippen LogP contribution in [0.5, 0.6) is 5.75 Å². The first-order chi connectivity index (χ1) is 16.1. The number of hydrogen-bond acceptors (Lipinski definition) is 4. The van der Waals surface area contributed by atoms with Crippen LogP contribution in [0.25, 0.3) is 0 Å². The van der Waals surface area contributed by atoms with Gasteiger partial charge >= 0.3 is 0 Å². The van der Waals surface area contributed by atoms with Gasteiger partial charge in [-0.05, 0) is 74.1 Å². The predicted molar refractivity (Wildman–Crippen MR) is 133 cm³/mol. The van der Waals surface area contributed by atoms with Crippen LogP contribution < -0.4 is 15.0 Å². The molecule has 1 aliphatic rings. The zero-order valence-electron chi connectivity index (χ0n) is 18.9. The number of furan rings is 1. The summed E-state index contributed by atoms with van der Waals surface area (Å²) in [5, 5.41) is 4.20. The second kappa shape index (κ2) is 8.75. The molecule has 4 heterocycles. The van der Waals surface area contributed by atoms with Crippen molar-refractivity contribution >= 4 is 23.0 Å². The third-order valence-electron chi connectivity index (χ3n) is 6.26. The Balaban J connectivity index is 1.63. The SMILES string of the molecule is COc1cccc(N2C(=S)N[C@@H](c3ccccn3)[C@@H]2c2cc(C)n(Cc3ccco3)c2C)c1. The van der Waals surface area contributed by atoms with Gasteiger partial charge in [0.05, 0.1) is 37.7 Å². The van der Waals surface area contributed by atoms with Gasteiger partial charge < -0.3 is 23.9 Å². The highest BCUT2D eigenvalue weighted by molar-refractivity contribution is 7.80. The molecule has 1 saturated heterocycles. The van der Waals surface area contributed by atoms with E-state index in [1.807, 2.05) is 54.7 Å². The molecule has 0 radical (unpaired) electrons. The zero-order valence-corrected chi connectivity index (χ0v) is 19.7. The van der Waals surface area contributed by atoms with E-state index in [2.05, 4.69) is 45.7 Å². The van der Waals surface area contributed by atoms with Gasteiger partial charge in [0.15, 0.2) is 5.11 Å². The number of thiocarbonyl (C=S) groups is 1. The molecule has 4 aromatic rings. The first-order valence-electron chi connectivity index (χ1n) is 10.9. The summed E-state index contributed by atoms with van der Waals surface area (Å²) in [5.74, 6) is 1.72. The van der Waals surface area contributed by atoms with E-state index < -0.39 is 0 Å². The summed E-state index contributed by atoms with van der Waals surface area (Å²) in [6, 6.07) is 20.0. The van der Waals surface area contributed by atoms with Gasteiger partial charge in [0.1, 0.15) is 11.5 Å². The van der Waals surface area contributed by atoms with Crippen LogP contribution in [-0.4, -0.2) is 21.8 Å². The minimum atomic E-state index is -0.0949. The summed E-state index contributed by atoms with van der Waals surface area (Å²) >= 11 is 5.86. The summed E-state index contributed by atoms with van der Waals surface area (Å²) in [6.45, 7) is 4.97. The fraction of sp³-hybridized carbons (Fsp3) is 0.231. The number of ether oxygens (including phenoxy) is 1. The van der Waals surface area contributed by atoms with Crippen LogP contribution in [0.3, 0.4) is 0 Å². The number of anilines is 1. The maximum atomic E-state index is 5.86. The Morgan fingerprint density at radius 1 is 1.09 bits per heavy atom. The highest BCUT2D eigenvalue weighted by Crippen LogP contribution is 2.43. The highest BCUT2D eigenvalue weighted by atomic mass is 32.1. The Bertz CT molecular complexity index is 1270. The third-order valence-corrected chi connectivity index (χ3v) is 6.57. The van der Waals surface area contributed by atoms with E-state index >= 15 is 0 Å². The summed E-state index contributed by atoms with van der Waals surface area (Å²) in [4.78, 5) is 6.83. The normalized spacial score (nSPS) is 17.9. The fourth-order valence-electron chi connectivity index (χ4n) is 4.64. The van der Waals surface area contributed by atoms with Gasteiger partial charge in [-0.2, -0.15) is 0 Å². The van der Waals surface area contributed by atoms with Crippen LogP contribution in [0.15, 0.2) is 77.5 Å². The molecule has 3 aromatic heterocycles. The van der Waals surface area contributed by atoms with Gasteiger partial charge in [-0.3, -0.25) is 4.98 Å². The van der Waals surface area contributed by atoms with Crippen molar-refractivity contribution in [2.75, 3.05) is 12.0 Å². The number of benzene rings is 1. The number of aromatic nitrogens is 2. The summed E-state index contributed by atoms with van der Waals surface area (Å²) in [7, 11) is 1.68. The van der Waals surface area contributed by atoms with Crippen LogP contribution in [-0.2, 0) is 6.54 Å². The van der Waals surface area contributed by atoms with Gasteiger partial charge in [-0.15, -0.1) is 0 Å². The molecule has 1 N–H and O–H groups in total. The van der Waals surface area contributed by atoms with Crippen molar-refractivity contribution in [3.63, 3.8) is 0 Å². The Labute approximate surface area is 198 Å². The lowest BCUT2D eigenvalue weighted by Gasteiger charge is -2.28. The van der Waals surface area contributed by atoms with Crippen LogP contribution in [0.4, 0.5) is 5.69 Å². The molecule has 1 aromatic carbocycles. The standard InChI is InChI=1S/C26H26N4O2S/c1-17-14-22(18(2)29(17)16-21-10-7-13-32-21)25-24(23-11-4-5-12-27-23)28-26(33)30(25)19-8-6-9-20(15-19)31-3/h4-15,24-25H,16H2,1-3H3,(H,28,33)/t24-,25-/m0/s1. The Kier molecular flexibility index (Phi) is 5.64. The molecule has 6 nitrogen and oxygen atoms in total. The monoisotopic (exact) mass is 458 g/mol. The van der Waals surface area contributed by atoms with E-state index in [0.29, 0.717) is 11.7 Å². The van der Waals surface area contributed by atoms with Gasteiger partial charge in [0.2, 0.25) is 0 Å². The quantitative estimate of drug-likeness (QED) is 0.394. The lowest BCUT2D eigenvalue weighted by molar-refractivity contribution is 0.415. The largest absolute Gasteiger partial charge is 0.497 e. The fourth-order valence-corrected chi connectivity index (χ4v) is 4.98. The summed E-state index contributed by atoms with van der Waals surface area (Å²) in [5.41, 5.74) is 5.47. The average Bonchev–Trinajstić information content (AvgIpc) is 3.54. The molecular weight excluding hydrogens is 432 g/mol. The van der Waals surface area contributed by atoms with Gasteiger partial charge in [0.25, 0.3) is 0 Å². The Morgan fingerprint density at radius 3 is 2.70 bits per heavy atom. The number of methoxy groups -OCH3 is 1. The molecule has 33 heavy (non-hydrogen) atoms. The number of rotatable bonds is 6. The number of nitrogens with zero attached hydrogens (tertiary/aromatic N) is 3. The van der Waals surface area contributed by atoms with Gasteiger partial charge in [-0.25, -0.2) is 0 Å². The molecular formula is C26H26N4O2S. The molecule has 2 atom stereocenters. The molecule has 0 amide bonds. The highest BCUT2D eigenvalue weighted by Gasteiger charge is 2.42. The molecule has 168 valence electrons. The molecule has 1 fully saturated rings. The van der Waals surface area contributed by atoms with Crippen LogP contribution in [0.1, 0.15) is 40.5 Å². The van der Waals surface area contributed by atoms with E-state index in [1.54, 1.807) is 13.4 Å². The van der Waals surface area contributed by atoms with Crippen molar-refractivity contribution in [2.24, 2.45) is 0 Å². The van der Waals surface area contributed by atoms with Crippen molar-refractivity contribution < 1.29 is 9.15 Å². The van der Waals surface area contributed by atoms with Crippen molar-refractivity contribution in [1.82, 2.24) is 14.9 Å². The molecule has 0 spiro atoms. The third kappa shape index (κ3) is 3.89. The van der Waals surface area contributed by atoms with E-state index in [4.69, 9.17) is 21.4 Å². The van der Waals surface area contributed by atoms with Crippen LogP contribution in [0.2, 0.25) is 0 Å². The first-order valence-corrected chi connectivity index (χ1v) is 11.3. The van der Waals surface area contributed by atoms with Crippen molar-refractivity contribution in [3.05, 3.63) is 102 Å². The molecule has 0 saturated carbocycles. The second-order valence-corrected chi connectivity index (χ2v) is 8.58. The zero-order chi connectivity index (χ0) is 22.9. The molecule has 7 heteroatoms. The summed E-state index contributed by atoms with van der Waals surface area (Å²) in [6.07, 6.45) is 3.54. The molecule has 1 aliphatic heterocycles. The first kappa shape index (κ1) is 21.3. The number of hydrogen-bond donors (Lipinski definition) is 1. The molecule has 0 aliphatic carbocycles. The molecule has 0 bridgehead atoms. The molecule has 5 rings (SSSR count). The minimum Gasteiger partial charge on any atom is -0.497 e. The number of nitrogens with one attached hydrogen (secondary N) is 1. The van der Waals surface area contributed by atoms with E-state index in [1.165, 1.54) is 17.0 Å². The molecule has 0 unspecified atom stereocenters. The maximum Gasteiger partial charge on any atom is 0.174 e. The predicted octanol–water partition coefficient (Wildman–Crippen LogP) is 5.33. The van der Waals surface area contributed by atoms with Crippen molar-refractivity contribution in [3.8, 4) is 5.75 Å². The smallest absolute Gasteiger partial charge is 0.174 e. The van der Waals surface area contributed by atoms with Crippen molar-refractivity contribution in [2.45, 2.75) is 32.5 Å². The van der Waals surface area contributed by atoms with Gasteiger partial charge in [-0.1, -0.05) is 12.1 Å². The maximum absolute atomic E-state index is 5.86. The van der Waals surface area contributed by atoms with E-state index in [-0.39, 0.29) is 12.1 Å². The second-order valence-electron chi connectivity index (χ2n) is 8.19. The Morgan fingerprint density at radius 2 is 1.97 bits per heavy atom. The van der Waals surface area contributed by atoms with Gasteiger partial charge in [0, 0.05) is 29.3 Å². The summed E-state index contributed by atoms with van der Waals surface area (Å²) < 4.78 is 13.4. The number of aryl methyl sites for hydroxylation is 1. The minimum absolute atomic E-state index is 0.0731. The lowest BCUT2D eigenvalue weighted by atomic mass is 9.96.